The van der Waals surface area contributed by atoms with Crippen molar-refractivity contribution in [3.63, 3.8) is 0 Å². The highest BCUT2D eigenvalue weighted by Crippen LogP contribution is 2.47. The fourth-order valence-electron chi connectivity index (χ4n) is 2.72. The molecule has 0 atom stereocenters. The number of hydrogen-bond donors (Lipinski definition) is 0. The fraction of sp³-hybridized carbons (Fsp3) is 0.429. The van der Waals surface area contributed by atoms with Crippen LogP contribution < -0.4 is 4.90 Å². The lowest BCUT2D eigenvalue weighted by atomic mass is 9.71. The van der Waals surface area contributed by atoms with E-state index in [4.69, 9.17) is 0 Å². The number of para-hydroxylation sites is 1. The van der Waals surface area contributed by atoms with Crippen LogP contribution >= 0.6 is 0 Å². The van der Waals surface area contributed by atoms with Crippen molar-refractivity contribution in [2.24, 2.45) is 9.98 Å². The second-order valence-corrected chi connectivity index (χ2v) is 4.82. The third kappa shape index (κ3) is 1.66. The Morgan fingerprint density at radius 3 is 2.78 bits per heavy atom. The normalized spacial score (nSPS) is 20.3. The Bertz CT molecular complexity index is 528. The van der Waals surface area contributed by atoms with E-state index in [9.17, 15) is 4.79 Å². The third-order valence-electron chi connectivity index (χ3n) is 3.85. The zero-order valence-electron chi connectivity index (χ0n) is 10.2. The van der Waals surface area contributed by atoms with Crippen molar-refractivity contribution >= 4 is 18.1 Å². The van der Waals surface area contributed by atoms with Crippen LogP contribution in [-0.4, -0.2) is 25.5 Å². The molecule has 1 aliphatic heterocycles. The fourth-order valence-corrected chi connectivity index (χ4v) is 2.72. The van der Waals surface area contributed by atoms with Crippen LogP contribution in [0.2, 0.25) is 0 Å². The van der Waals surface area contributed by atoms with Crippen molar-refractivity contribution < 1.29 is 4.79 Å². The van der Waals surface area contributed by atoms with Crippen molar-refractivity contribution in [2.75, 3.05) is 18.0 Å². The average Bonchev–Trinajstić information content (AvgIpc) is 2.88. The highest BCUT2D eigenvalue weighted by molar-refractivity contribution is 5.83. The van der Waals surface area contributed by atoms with Gasteiger partial charge in [0.25, 0.3) is 0 Å². The molecule has 3 rings (SSSR count). The summed E-state index contributed by atoms with van der Waals surface area (Å²) in [7, 11) is 0. The molecule has 1 heterocycles. The van der Waals surface area contributed by atoms with Gasteiger partial charge in [0, 0.05) is 17.8 Å². The first-order valence-corrected chi connectivity index (χ1v) is 6.31. The summed E-state index contributed by atoms with van der Waals surface area (Å²) in [5.74, 6) is 0. The van der Waals surface area contributed by atoms with E-state index in [1.165, 1.54) is 0 Å². The largest absolute Gasteiger partial charge is 0.331 e. The van der Waals surface area contributed by atoms with Crippen LogP contribution in [0, 0.1) is 0 Å². The molecule has 0 unspecified atom stereocenters. The van der Waals surface area contributed by atoms with Gasteiger partial charge in [-0.1, -0.05) is 18.2 Å². The zero-order chi connectivity index (χ0) is 12.4. The van der Waals surface area contributed by atoms with Crippen LogP contribution in [0.5, 0.6) is 0 Å². The van der Waals surface area contributed by atoms with Gasteiger partial charge < -0.3 is 4.90 Å². The van der Waals surface area contributed by atoms with E-state index in [-0.39, 0.29) is 5.54 Å². The average molecular weight is 241 g/mol. The first kappa shape index (κ1) is 11.2. The number of nitrogens with zero attached hydrogens (tertiary/aromatic N) is 3. The maximum atomic E-state index is 10.7. The number of aliphatic imine (C=N–C) groups is 2. The zero-order valence-corrected chi connectivity index (χ0v) is 10.2. The molecule has 2 aliphatic rings. The molecule has 0 radical (unpaired) electrons. The molecular formula is C14H15N3O. The molecule has 1 aromatic carbocycles. The number of anilines is 1. The Kier molecular flexibility index (Phi) is 2.73. The van der Waals surface area contributed by atoms with Crippen LogP contribution in [0.3, 0.4) is 0 Å². The predicted molar refractivity (Wildman–Crippen MR) is 70.8 cm³/mol. The van der Waals surface area contributed by atoms with E-state index >= 15 is 0 Å². The van der Waals surface area contributed by atoms with E-state index in [2.05, 4.69) is 27.0 Å². The second-order valence-electron chi connectivity index (χ2n) is 4.82. The van der Waals surface area contributed by atoms with Gasteiger partial charge in [0.05, 0.1) is 12.9 Å². The minimum atomic E-state index is -0.339. The van der Waals surface area contributed by atoms with Crippen molar-refractivity contribution in [2.45, 2.75) is 24.8 Å². The van der Waals surface area contributed by atoms with Crippen molar-refractivity contribution in [3.8, 4) is 0 Å². The van der Waals surface area contributed by atoms with Gasteiger partial charge in [0.15, 0.2) is 0 Å². The van der Waals surface area contributed by atoms with Gasteiger partial charge in [0.2, 0.25) is 6.08 Å². The van der Waals surface area contributed by atoms with Crippen LogP contribution in [-0.2, 0) is 10.3 Å². The van der Waals surface area contributed by atoms with E-state index in [1.807, 2.05) is 18.5 Å². The molecule has 0 bridgehead atoms. The summed E-state index contributed by atoms with van der Waals surface area (Å²) < 4.78 is 0. The molecule has 0 amide bonds. The van der Waals surface area contributed by atoms with Gasteiger partial charge in [-0.25, -0.2) is 4.79 Å². The Morgan fingerprint density at radius 1 is 1.33 bits per heavy atom. The molecule has 1 aliphatic carbocycles. The molecule has 0 spiro atoms. The summed E-state index contributed by atoms with van der Waals surface area (Å²) in [4.78, 5) is 21.2. The van der Waals surface area contributed by atoms with Gasteiger partial charge >= 0.3 is 0 Å². The van der Waals surface area contributed by atoms with Crippen LogP contribution in [0.1, 0.15) is 24.8 Å². The van der Waals surface area contributed by atoms with Gasteiger partial charge in [0.1, 0.15) is 5.54 Å². The lowest BCUT2D eigenvalue weighted by molar-refractivity contribution is 0.256. The molecule has 1 saturated carbocycles. The standard InChI is InChI=1S/C14H15N3O/c18-11-16-14(6-3-7-14)12-4-1-2-5-13(12)17-9-8-15-10-17/h1-2,4-5,10H,3,6-9H2. The van der Waals surface area contributed by atoms with E-state index < -0.39 is 0 Å². The van der Waals surface area contributed by atoms with Crippen molar-refractivity contribution in [3.05, 3.63) is 29.8 Å². The highest BCUT2D eigenvalue weighted by Gasteiger charge is 2.41. The maximum Gasteiger partial charge on any atom is 0.235 e. The Hall–Kier alpha value is -1.93. The van der Waals surface area contributed by atoms with Gasteiger partial charge in [-0.2, -0.15) is 4.99 Å². The Balaban J connectivity index is 2.05. The molecule has 0 saturated heterocycles. The van der Waals surface area contributed by atoms with E-state index in [0.717, 1.165) is 43.6 Å². The summed E-state index contributed by atoms with van der Waals surface area (Å²) in [5, 5.41) is 0. The molecule has 0 N–H and O–H groups in total. The molecule has 4 nitrogen and oxygen atoms in total. The van der Waals surface area contributed by atoms with Crippen LogP contribution in [0.25, 0.3) is 0 Å². The van der Waals surface area contributed by atoms with E-state index in [1.54, 1.807) is 6.08 Å². The summed E-state index contributed by atoms with van der Waals surface area (Å²) in [6, 6.07) is 8.17. The molecule has 1 fully saturated rings. The molecule has 0 aromatic heterocycles. The molecule has 1 aromatic rings. The van der Waals surface area contributed by atoms with Gasteiger partial charge in [-0.3, -0.25) is 4.99 Å². The molecule has 4 heteroatoms. The lowest BCUT2D eigenvalue weighted by Gasteiger charge is -2.39. The van der Waals surface area contributed by atoms with Crippen LogP contribution in [0.15, 0.2) is 34.3 Å². The number of rotatable bonds is 3. The number of carbonyl (C=O) groups excluding carboxylic acids is 1. The summed E-state index contributed by atoms with van der Waals surface area (Å²) in [5.41, 5.74) is 1.92. The highest BCUT2D eigenvalue weighted by atomic mass is 16.1. The molecular weight excluding hydrogens is 226 g/mol. The minimum Gasteiger partial charge on any atom is -0.331 e. The van der Waals surface area contributed by atoms with E-state index in [0.29, 0.717) is 0 Å². The maximum absolute atomic E-state index is 10.7. The predicted octanol–water partition coefficient (Wildman–Crippen LogP) is 2.25. The summed E-state index contributed by atoms with van der Waals surface area (Å²) in [6.07, 6.45) is 6.61. The minimum absolute atomic E-state index is 0.339. The number of isocyanates is 1. The molecule has 18 heavy (non-hydrogen) atoms. The first-order valence-electron chi connectivity index (χ1n) is 6.31. The topological polar surface area (TPSA) is 45.0 Å². The number of benzene rings is 1. The van der Waals surface area contributed by atoms with Crippen molar-refractivity contribution in [1.82, 2.24) is 0 Å². The van der Waals surface area contributed by atoms with Gasteiger partial charge in [-0.15, -0.1) is 0 Å². The molecule has 92 valence electrons. The first-order chi connectivity index (χ1) is 8.86. The van der Waals surface area contributed by atoms with Crippen LogP contribution in [0.4, 0.5) is 5.69 Å². The third-order valence-corrected chi connectivity index (χ3v) is 3.85. The summed E-state index contributed by atoms with van der Waals surface area (Å²) in [6.45, 7) is 1.73. The quantitative estimate of drug-likeness (QED) is 0.602. The summed E-state index contributed by atoms with van der Waals surface area (Å²) >= 11 is 0. The Morgan fingerprint density at radius 2 is 2.17 bits per heavy atom. The lowest BCUT2D eigenvalue weighted by Crippen LogP contribution is -2.34. The van der Waals surface area contributed by atoms with Gasteiger partial charge in [-0.05, 0) is 25.3 Å². The SMILES string of the molecule is O=C=NC1(c2ccccc2N2C=NCC2)CCC1. The van der Waals surface area contributed by atoms with Crippen molar-refractivity contribution in [1.29, 1.82) is 0 Å². The monoisotopic (exact) mass is 241 g/mol. The Labute approximate surface area is 106 Å². The smallest absolute Gasteiger partial charge is 0.235 e. The second kappa shape index (κ2) is 4.39. The number of hydrogen-bond acceptors (Lipinski definition) is 4.